The molecule has 1 aliphatic rings. The third-order valence-corrected chi connectivity index (χ3v) is 4.23. The highest BCUT2D eigenvalue weighted by Crippen LogP contribution is 2.19. The highest BCUT2D eigenvalue weighted by Gasteiger charge is 2.22. The van der Waals surface area contributed by atoms with Gasteiger partial charge in [-0.15, -0.1) is 0 Å². The van der Waals surface area contributed by atoms with Crippen molar-refractivity contribution in [1.82, 2.24) is 29.8 Å². The molecular formula is C17H18N6O. The molecule has 0 amide bonds. The first kappa shape index (κ1) is 14.8. The molecule has 7 nitrogen and oxygen atoms in total. The molecule has 3 aromatic rings. The second-order valence-corrected chi connectivity index (χ2v) is 6.04. The van der Waals surface area contributed by atoms with Gasteiger partial charge in [0.15, 0.2) is 0 Å². The van der Waals surface area contributed by atoms with E-state index in [0.717, 1.165) is 47.8 Å². The first-order chi connectivity index (χ1) is 11.7. The average molecular weight is 322 g/mol. The van der Waals surface area contributed by atoms with E-state index in [-0.39, 0.29) is 5.56 Å². The number of aromatic amines is 2. The normalized spacial score (nSPS) is 14.5. The zero-order valence-corrected chi connectivity index (χ0v) is 13.4. The molecule has 0 atom stereocenters. The lowest BCUT2D eigenvalue weighted by Crippen LogP contribution is -2.35. The minimum Gasteiger partial charge on any atom is -0.345 e. The van der Waals surface area contributed by atoms with Crippen LogP contribution in [0.25, 0.3) is 11.4 Å². The van der Waals surface area contributed by atoms with Crippen molar-refractivity contribution in [3.05, 3.63) is 63.9 Å². The minimum atomic E-state index is -0.0654. The van der Waals surface area contributed by atoms with Gasteiger partial charge in [0.2, 0.25) is 0 Å². The summed E-state index contributed by atoms with van der Waals surface area (Å²) in [6.07, 6.45) is 6.02. The number of pyridine rings is 1. The number of nitrogens with zero attached hydrogens (tertiary/aromatic N) is 4. The van der Waals surface area contributed by atoms with Gasteiger partial charge in [-0.2, -0.15) is 0 Å². The lowest BCUT2D eigenvalue weighted by Gasteiger charge is -2.27. The van der Waals surface area contributed by atoms with E-state index >= 15 is 0 Å². The summed E-state index contributed by atoms with van der Waals surface area (Å²) in [5.41, 5.74) is 3.46. The van der Waals surface area contributed by atoms with Crippen LogP contribution in [0, 0.1) is 6.92 Å². The van der Waals surface area contributed by atoms with E-state index in [9.17, 15) is 4.79 Å². The predicted octanol–water partition coefficient (Wildman–Crippen LogP) is 1.42. The summed E-state index contributed by atoms with van der Waals surface area (Å²) in [4.78, 5) is 33.8. The molecular weight excluding hydrogens is 304 g/mol. The summed E-state index contributed by atoms with van der Waals surface area (Å²) in [5, 5.41) is 0. The average Bonchev–Trinajstić information content (AvgIpc) is 3.01. The van der Waals surface area contributed by atoms with Crippen molar-refractivity contribution in [3.63, 3.8) is 0 Å². The summed E-state index contributed by atoms with van der Waals surface area (Å²) in [6.45, 7) is 4.16. The molecule has 7 heteroatoms. The number of imidazole rings is 1. The molecule has 0 saturated carbocycles. The van der Waals surface area contributed by atoms with Gasteiger partial charge in [0, 0.05) is 55.9 Å². The van der Waals surface area contributed by atoms with Crippen LogP contribution in [0.15, 0.2) is 35.5 Å². The molecule has 0 unspecified atom stereocenters. The number of aryl methyl sites for hydroxylation is 1. The van der Waals surface area contributed by atoms with E-state index in [0.29, 0.717) is 12.4 Å². The molecule has 24 heavy (non-hydrogen) atoms. The minimum absolute atomic E-state index is 0.0654. The maximum absolute atomic E-state index is 12.5. The van der Waals surface area contributed by atoms with Crippen LogP contribution in [0.4, 0.5) is 0 Å². The van der Waals surface area contributed by atoms with E-state index in [4.69, 9.17) is 0 Å². The molecule has 122 valence electrons. The van der Waals surface area contributed by atoms with Gasteiger partial charge >= 0.3 is 0 Å². The van der Waals surface area contributed by atoms with Crippen molar-refractivity contribution in [3.8, 4) is 11.4 Å². The molecule has 0 radical (unpaired) electrons. The van der Waals surface area contributed by atoms with Gasteiger partial charge in [-0.25, -0.2) is 9.97 Å². The molecule has 4 rings (SSSR count). The second kappa shape index (κ2) is 6.01. The SMILES string of the molecule is Cc1ncc(CN2CCc3nc(-c4cccnc4)[nH]c(=O)c3C2)[nH]1. The molecule has 0 aliphatic carbocycles. The first-order valence-electron chi connectivity index (χ1n) is 7.94. The Bertz CT molecular complexity index is 914. The van der Waals surface area contributed by atoms with Gasteiger partial charge in [0.25, 0.3) is 5.56 Å². The van der Waals surface area contributed by atoms with Crippen molar-refractivity contribution in [2.45, 2.75) is 26.4 Å². The van der Waals surface area contributed by atoms with E-state index in [1.54, 1.807) is 12.4 Å². The van der Waals surface area contributed by atoms with Gasteiger partial charge in [-0.3, -0.25) is 14.7 Å². The zero-order chi connectivity index (χ0) is 16.5. The van der Waals surface area contributed by atoms with E-state index in [1.165, 1.54) is 0 Å². The van der Waals surface area contributed by atoms with Crippen molar-refractivity contribution in [2.24, 2.45) is 0 Å². The standard InChI is InChI=1S/C17H18N6O/c1-11-19-8-13(20-11)9-23-6-4-15-14(10-23)17(24)22-16(21-15)12-3-2-5-18-7-12/h2-3,5,7-8H,4,6,9-10H2,1H3,(H,19,20)(H,21,22,24). The van der Waals surface area contributed by atoms with Crippen LogP contribution in [-0.4, -0.2) is 36.4 Å². The Morgan fingerprint density at radius 3 is 2.96 bits per heavy atom. The summed E-state index contributed by atoms with van der Waals surface area (Å²) in [6, 6.07) is 3.73. The quantitative estimate of drug-likeness (QED) is 0.761. The van der Waals surface area contributed by atoms with E-state index < -0.39 is 0 Å². The summed E-state index contributed by atoms with van der Waals surface area (Å²) in [7, 11) is 0. The lowest BCUT2D eigenvalue weighted by atomic mass is 10.1. The van der Waals surface area contributed by atoms with E-state index in [1.807, 2.05) is 25.3 Å². The fraction of sp³-hybridized carbons (Fsp3) is 0.294. The molecule has 0 saturated heterocycles. The van der Waals surface area contributed by atoms with Crippen LogP contribution in [-0.2, 0) is 19.5 Å². The highest BCUT2D eigenvalue weighted by molar-refractivity contribution is 5.53. The number of nitrogens with one attached hydrogen (secondary N) is 2. The van der Waals surface area contributed by atoms with Crippen molar-refractivity contribution < 1.29 is 0 Å². The Morgan fingerprint density at radius 2 is 2.21 bits per heavy atom. The molecule has 0 fully saturated rings. The zero-order valence-electron chi connectivity index (χ0n) is 13.4. The Kier molecular flexibility index (Phi) is 3.70. The number of hydrogen-bond acceptors (Lipinski definition) is 5. The fourth-order valence-electron chi connectivity index (χ4n) is 3.05. The molecule has 0 bridgehead atoms. The molecule has 2 N–H and O–H groups in total. The van der Waals surface area contributed by atoms with Crippen LogP contribution >= 0.6 is 0 Å². The Hall–Kier alpha value is -2.80. The Morgan fingerprint density at radius 1 is 1.29 bits per heavy atom. The number of rotatable bonds is 3. The van der Waals surface area contributed by atoms with Crippen LogP contribution in [0.5, 0.6) is 0 Å². The summed E-state index contributed by atoms with van der Waals surface area (Å²) >= 11 is 0. The number of fused-ring (bicyclic) bond motifs is 1. The first-order valence-corrected chi connectivity index (χ1v) is 7.94. The third-order valence-electron chi connectivity index (χ3n) is 4.23. The van der Waals surface area contributed by atoms with Crippen LogP contribution in [0.2, 0.25) is 0 Å². The summed E-state index contributed by atoms with van der Waals surface area (Å²) in [5.74, 6) is 1.49. The van der Waals surface area contributed by atoms with Gasteiger partial charge in [-0.1, -0.05) is 0 Å². The number of aromatic nitrogens is 5. The third kappa shape index (κ3) is 2.85. The number of hydrogen-bond donors (Lipinski definition) is 2. The van der Waals surface area contributed by atoms with E-state index in [2.05, 4.69) is 29.8 Å². The molecule has 3 aromatic heterocycles. The molecule has 4 heterocycles. The van der Waals surface area contributed by atoms with Crippen LogP contribution < -0.4 is 5.56 Å². The second-order valence-electron chi connectivity index (χ2n) is 6.04. The Balaban J connectivity index is 1.59. The van der Waals surface area contributed by atoms with Crippen LogP contribution in [0.1, 0.15) is 22.8 Å². The smallest absolute Gasteiger partial charge is 0.255 e. The van der Waals surface area contributed by atoms with Gasteiger partial charge in [0.1, 0.15) is 11.6 Å². The fourth-order valence-corrected chi connectivity index (χ4v) is 3.05. The maximum atomic E-state index is 12.5. The number of H-pyrrole nitrogens is 2. The topological polar surface area (TPSA) is 90.6 Å². The van der Waals surface area contributed by atoms with Gasteiger partial charge in [-0.05, 0) is 19.1 Å². The maximum Gasteiger partial charge on any atom is 0.255 e. The molecule has 0 spiro atoms. The van der Waals surface area contributed by atoms with Crippen molar-refractivity contribution in [1.29, 1.82) is 0 Å². The predicted molar refractivity (Wildman–Crippen MR) is 89.2 cm³/mol. The van der Waals surface area contributed by atoms with Crippen molar-refractivity contribution in [2.75, 3.05) is 6.54 Å². The largest absolute Gasteiger partial charge is 0.345 e. The highest BCUT2D eigenvalue weighted by atomic mass is 16.1. The molecule has 1 aliphatic heterocycles. The van der Waals surface area contributed by atoms with Crippen LogP contribution in [0.3, 0.4) is 0 Å². The summed E-state index contributed by atoms with van der Waals surface area (Å²) < 4.78 is 0. The molecule has 0 aromatic carbocycles. The lowest BCUT2D eigenvalue weighted by molar-refractivity contribution is 0.239. The Labute approximate surface area is 138 Å². The van der Waals surface area contributed by atoms with Gasteiger partial charge < -0.3 is 9.97 Å². The monoisotopic (exact) mass is 322 g/mol. The van der Waals surface area contributed by atoms with Gasteiger partial charge in [0.05, 0.1) is 11.3 Å². The van der Waals surface area contributed by atoms with Crippen molar-refractivity contribution >= 4 is 0 Å².